The van der Waals surface area contributed by atoms with E-state index in [9.17, 15) is 47.0 Å². The van der Waals surface area contributed by atoms with E-state index in [1.165, 1.54) is 6.07 Å². The normalized spacial score (nSPS) is 21.8. The van der Waals surface area contributed by atoms with Crippen LogP contribution in [-0.2, 0) is 14.4 Å². The van der Waals surface area contributed by atoms with E-state index >= 15 is 0 Å². The molecule has 17 heteroatoms. The molecule has 41 heavy (non-hydrogen) atoms. The SMILES string of the molecule is CC1(O)C(=O)N(CCCN2CCN(c3ccc(F)cc3OCC(F)(F)F)CC2)C(=O)NC1O.O=C(O)C=CC(=O)O. The van der Waals surface area contributed by atoms with Gasteiger partial charge in [-0.2, -0.15) is 13.2 Å². The van der Waals surface area contributed by atoms with Crippen molar-refractivity contribution < 1.29 is 61.9 Å². The molecule has 2 aliphatic heterocycles. The summed E-state index contributed by atoms with van der Waals surface area (Å²) in [6.07, 6.45) is -4.69. The first-order chi connectivity index (χ1) is 19.0. The van der Waals surface area contributed by atoms with E-state index in [0.29, 0.717) is 57.0 Å². The molecule has 2 heterocycles. The number of nitrogens with zero attached hydrogens (tertiary/aromatic N) is 3. The standard InChI is InChI=1S/C20H26F4N4O5.C4H4O4/c1-19(32)16(29)25-18(31)28(17(19)30)6-2-5-26-7-9-27(10-8-26)14-4-3-13(21)11-15(14)33-12-20(22,23)24;5-3(6)1-2-4(7)8/h3-4,11,16,29,32H,2,5-10,12H2,1H3,(H,25,31);1-2H,(H,5,6)(H,7,8). The first-order valence-electron chi connectivity index (χ1n) is 12.1. The number of aliphatic carboxylic acids is 2. The third-order valence-electron chi connectivity index (χ3n) is 5.97. The molecule has 228 valence electrons. The van der Waals surface area contributed by atoms with Crippen LogP contribution in [0.3, 0.4) is 0 Å². The summed E-state index contributed by atoms with van der Waals surface area (Å²) in [7, 11) is 0. The van der Waals surface area contributed by atoms with Crippen molar-refractivity contribution in [3.8, 4) is 5.75 Å². The van der Waals surface area contributed by atoms with Crippen LogP contribution in [0, 0.1) is 5.82 Å². The third-order valence-corrected chi connectivity index (χ3v) is 5.97. The number of urea groups is 1. The summed E-state index contributed by atoms with van der Waals surface area (Å²) in [6, 6.07) is 2.69. The largest absolute Gasteiger partial charge is 0.482 e. The van der Waals surface area contributed by atoms with Gasteiger partial charge in [-0.15, -0.1) is 0 Å². The monoisotopic (exact) mass is 594 g/mol. The molecule has 0 saturated carbocycles. The number of nitrogens with one attached hydrogen (secondary N) is 1. The van der Waals surface area contributed by atoms with Crippen molar-refractivity contribution in [1.29, 1.82) is 0 Å². The van der Waals surface area contributed by atoms with E-state index < -0.39 is 54.3 Å². The highest BCUT2D eigenvalue weighted by Gasteiger charge is 2.48. The van der Waals surface area contributed by atoms with Crippen LogP contribution in [0.5, 0.6) is 5.75 Å². The predicted molar refractivity (Wildman–Crippen MR) is 133 cm³/mol. The molecule has 2 fully saturated rings. The van der Waals surface area contributed by atoms with Gasteiger partial charge in [-0.3, -0.25) is 14.6 Å². The fraction of sp³-hybridized carbons (Fsp3) is 0.500. The van der Waals surface area contributed by atoms with E-state index in [2.05, 4.69) is 10.2 Å². The van der Waals surface area contributed by atoms with E-state index in [0.717, 1.165) is 24.0 Å². The second kappa shape index (κ2) is 14.1. The van der Waals surface area contributed by atoms with Crippen LogP contribution in [0.15, 0.2) is 30.4 Å². The van der Waals surface area contributed by atoms with Crippen LogP contribution in [0.25, 0.3) is 0 Å². The Morgan fingerprint density at radius 2 is 1.68 bits per heavy atom. The number of carboxylic acids is 2. The summed E-state index contributed by atoms with van der Waals surface area (Å²) in [6.45, 7) is 2.18. The van der Waals surface area contributed by atoms with Gasteiger partial charge >= 0.3 is 24.1 Å². The average molecular weight is 595 g/mol. The molecule has 5 N–H and O–H groups in total. The van der Waals surface area contributed by atoms with Gasteiger partial charge in [-0.25, -0.2) is 18.8 Å². The van der Waals surface area contributed by atoms with Gasteiger partial charge in [0.05, 0.1) is 5.69 Å². The number of carbonyl (C=O) groups is 4. The molecule has 2 saturated heterocycles. The van der Waals surface area contributed by atoms with Crippen LogP contribution in [0.4, 0.5) is 28.0 Å². The van der Waals surface area contributed by atoms with Crippen molar-refractivity contribution in [2.45, 2.75) is 31.3 Å². The summed E-state index contributed by atoms with van der Waals surface area (Å²) in [5.41, 5.74) is -1.74. The minimum Gasteiger partial charge on any atom is -0.482 e. The number of imide groups is 1. The molecule has 0 radical (unpaired) electrons. The number of rotatable bonds is 9. The number of ether oxygens (including phenoxy) is 1. The number of halogens is 4. The van der Waals surface area contributed by atoms with E-state index in [-0.39, 0.29) is 12.3 Å². The Hall–Kier alpha value is -3.96. The average Bonchev–Trinajstić information content (AvgIpc) is 2.88. The Balaban J connectivity index is 0.000000642. The van der Waals surface area contributed by atoms with Crippen LogP contribution in [0.1, 0.15) is 13.3 Å². The summed E-state index contributed by atoms with van der Waals surface area (Å²) in [5.74, 6) is -4.27. The molecule has 0 aromatic heterocycles. The topological polar surface area (TPSA) is 180 Å². The second-order valence-corrected chi connectivity index (χ2v) is 9.16. The maximum Gasteiger partial charge on any atom is 0.422 e. The molecule has 3 rings (SSSR count). The molecule has 0 bridgehead atoms. The number of amides is 3. The molecule has 2 atom stereocenters. The van der Waals surface area contributed by atoms with E-state index in [1.807, 2.05) is 4.90 Å². The van der Waals surface area contributed by atoms with Crippen molar-refractivity contribution in [1.82, 2.24) is 15.1 Å². The number of carbonyl (C=O) groups excluding carboxylic acids is 2. The van der Waals surface area contributed by atoms with Gasteiger partial charge in [0.1, 0.15) is 11.6 Å². The van der Waals surface area contributed by atoms with Gasteiger partial charge in [0.15, 0.2) is 18.4 Å². The van der Waals surface area contributed by atoms with Gasteiger partial charge < -0.3 is 35.4 Å². The number of alkyl halides is 3. The van der Waals surface area contributed by atoms with E-state index in [1.54, 1.807) is 0 Å². The molecule has 2 aliphatic rings. The van der Waals surface area contributed by atoms with E-state index in [4.69, 9.17) is 14.9 Å². The van der Waals surface area contributed by atoms with Crippen molar-refractivity contribution >= 4 is 29.6 Å². The van der Waals surface area contributed by atoms with Crippen LogP contribution >= 0.6 is 0 Å². The first kappa shape index (κ1) is 33.2. The maximum absolute atomic E-state index is 13.5. The Morgan fingerprint density at radius 3 is 2.22 bits per heavy atom. The maximum atomic E-state index is 13.5. The molecule has 1 aromatic carbocycles. The van der Waals surface area contributed by atoms with Crippen LogP contribution < -0.4 is 15.0 Å². The third kappa shape index (κ3) is 10.2. The molecular formula is C24H30F4N4O9. The molecule has 3 amide bonds. The summed E-state index contributed by atoms with van der Waals surface area (Å²) < 4.78 is 55.9. The highest BCUT2D eigenvalue weighted by Crippen LogP contribution is 2.31. The number of benzene rings is 1. The number of aliphatic hydroxyl groups is 2. The summed E-state index contributed by atoms with van der Waals surface area (Å²) in [5, 5.41) is 37.4. The number of aliphatic hydroxyl groups excluding tert-OH is 1. The van der Waals surface area contributed by atoms with Crippen molar-refractivity contribution in [2.75, 3.05) is 50.8 Å². The lowest BCUT2D eigenvalue weighted by molar-refractivity contribution is -0.165. The van der Waals surface area contributed by atoms with Gasteiger partial charge in [0.25, 0.3) is 5.91 Å². The molecule has 0 aliphatic carbocycles. The lowest BCUT2D eigenvalue weighted by Crippen LogP contribution is -2.68. The zero-order chi connectivity index (χ0) is 31.0. The number of anilines is 1. The van der Waals surface area contributed by atoms with Gasteiger partial charge in [-0.05, 0) is 32.0 Å². The zero-order valence-electron chi connectivity index (χ0n) is 21.8. The Kier molecular flexibility index (Phi) is 11.4. The quantitative estimate of drug-likeness (QED) is 0.200. The Bertz CT molecular complexity index is 1120. The van der Waals surface area contributed by atoms with Gasteiger partial charge in [-0.1, -0.05) is 0 Å². The fourth-order valence-corrected chi connectivity index (χ4v) is 3.85. The number of carboxylic acid groups (broad SMARTS) is 2. The van der Waals surface area contributed by atoms with Gasteiger partial charge in [0, 0.05) is 50.9 Å². The minimum atomic E-state index is -4.54. The lowest BCUT2D eigenvalue weighted by Gasteiger charge is -2.39. The smallest absolute Gasteiger partial charge is 0.422 e. The number of hydrogen-bond donors (Lipinski definition) is 5. The van der Waals surface area contributed by atoms with Crippen LogP contribution in [-0.4, -0.2) is 118 Å². The minimum absolute atomic E-state index is 0.0428. The highest BCUT2D eigenvalue weighted by molar-refractivity contribution is 6.01. The number of piperazine rings is 1. The Labute approximate surface area is 231 Å². The van der Waals surface area contributed by atoms with Crippen molar-refractivity contribution in [3.05, 3.63) is 36.2 Å². The molecule has 1 aromatic rings. The predicted octanol–water partition coefficient (Wildman–Crippen LogP) is 0.612. The first-order valence-corrected chi connectivity index (χ1v) is 12.1. The molecule has 0 spiro atoms. The highest BCUT2D eigenvalue weighted by atomic mass is 19.4. The zero-order valence-corrected chi connectivity index (χ0v) is 21.8. The summed E-state index contributed by atoms with van der Waals surface area (Å²) in [4.78, 5) is 48.0. The molecule has 2 unspecified atom stereocenters. The summed E-state index contributed by atoms with van der Waals surface area (Å²) >= 11 is 0. The van der Waals surface area contributed by atoms with Crippen molar-refractivity contribution in [3.63, 3.8) is 0 Å². The van der Waals surface area contributed by atoms with Crippen LogP contribution in [0.2, 0.25) is 0 Å². The Morgan fingerprint density at radius 1 is 1.10 bits per heavy atom. The molecular weight excluding hydrogens is 564 g/mol. The molecule has 13 nitrogen and oxygen atoms in total. The number of hydrogen-bond acceptors (Lipinski definition) is 9. The lowest BCUT2D eigenvalue weighted by atomic mass is 10.0. The van der Waals surface area contributed by atoms with Gasteiger partial charge in [0.2, 0.25) is 0 Å². The second-order valence-electron chi connectivity index (χ2n) is 9.16. The van der Waals surface area contributed by atoms with Crippen molar-refractivity contribution in [2.24, 2.45) is 0 Å². The fourth-order valence-electron chi connectivity index (χ4n) is 3.85.